The Labute approximate surface area is 199 Å². The molecule has 0 unspecified atom stereocenters. The van der Waals surface area contributed by atoms with Crippen LogP contribution in [-0.4, -0.2) is 21.8 Å². The van der Waals surface area contributed by atoms with Crippen molar-refractivity contribution in [3.8, 4) is 0 Å². The summed E-state index contributed by atoms with van der Waals surface area (Å²) in [5.41, 5.74) is 3.08. The number of amides is 1. The summed E-state index contributed by atoms with van der Waals surface area (Å²) in [6.45, 7) is 2.08. The summed E-state index contributed by atoms with van der Waals surface area (Å²) in [6.07, 6.45) is 0.888. The number of benzene rings is 3. The molecular formula is C26H19ClN2O3S. The maximum atomic E-state index is 13.3. The monoisotopic (exact) mass is 474 g/mol. The third-order valence-electron chi connectivity index (χ3n) is 5.73. The van der Waals surface area contributed by atoms with Gasteiger partial charge in [-0.25, -0.2) is 4.98 Å². The molecule has 1 aromatic heterocycles. The molecule has 1 fully saturated rings. The fourth-order valence-electron chi connectivity index (χ4n) is 4.02. The number of aryl methyl sites for hydroxylation is 1. The van der Waals surface area contributed by atoms with E-state index in [1.165, 1.54) is 21.8 Å². The lowest BCUT2D eigenvalue weighted by Crippen LogP contribution is -2.29. The first-order valence-electron chi connectivity index (χ1n) is 10.5. The Morgan fingerprint density at radius 1 is 1.06 bits per heavy atom. The first kappa shape index (κ1) is 21.4. The van der Waals surface area contributed by atoms with Crippen molar-refractivity contribution in [1.29, 1.82) is 0 Å². The van der Waals surface area contributed by atoms with E-state index in [1.807, 2.05) is 42.5 Å². The standard InChI is InChI=1S/C26H19ClN2O3S/c1-2-15-8-13-19-20(14-15)33-26(28-19)29-22(16-6-4-3-5-7-16)21(24(31)25(29)32)23(30)17-9-11-18(27)12-10-17/h3-14,22,30H,2H2,1H3/b23-21+/t22-/m0/s1. The number of aromatic nitrogens is 1. The normalized spacial score (nSPS) is 17.8. The quantitative estimate of drug-likeness (QED) is 0.219. The van der Waals surface area contributed by atoms with Crippen molar-refractivity contribution in [2.75, 3.05) is 4.90 Å². The van der Waals surface area contributed by atoms with Gasteiger partial charge in [0.15, 0.2) is 5.13 Å². The molecule has 1 atom stereocenters. The molecule has 1 N–H and O–H groups in total. The molecular weight excluding hydrogens is 456 g/mol. The molecule has 7 heteroatoms. The first-order valence-corrected chi connectivity index (χ1v) is 11.7. The van der Waals surface area contributed by atoms with Crippen LogP contribution in [0.2, 0.25) is 5.02 Å². The molecule has 4 aromatic rings. The second-order valence-corrected chi connectivity index (χ2v) is 9.18. The molecule has 164 valence electrons. The number of hydrogen-bond donors (Lipinski definition) is 1. The van der Waals surface area contributed by atoms with Crippen LogP contribution in [0.1, 0.15) is 29.7 Å². The molecule has 0 aliphatic carbocycles. The van der Waals surface area contributed by atoms with Gasteiger partial charge in [0.1, 0.15) is 5.76 Å². The molecule has 1 amide bonds. The van der Waals surface area contributed by atoms with Gasteiger partial charge in [0.25, 0.3) is 5.78 Å². The summed E-state index contributed by atoms with van der Waals surface area (Å²) in [7, 11) is 0. The van der Waals surface area contributed by atoms with Crippen LogP contribution in [0, 0.1) is 0 Å². The smallest absolute Gasteiger partial charge is 0.301 e. The molecule has 5 rings (SSSR count). The Morgan fingerprint density at radius 3 is 2.48 bits per heavy atom. The predicted molar refractivity (Wildman–Crippen MR) is 132 cm³/mol. The Kier molecular flexibility index (Phi) is 5.48. The number of Topliss-reactive ketones (excluding diaryl/α,β-unsaturated/α-hetero) is 1. The van der Waals surface area contributed by atoms with Gasteiger partial charge in [-0.2, -0.15) is 0 Å². The zero-order valence-electron chi connectivity index (χ0n) is 17.7. The van der Waals surface area contributed by atoms with Crippen molar-refractivity contribution in [3.05, 3.63) is 100 Å². The highest BCUT2D eigenvalue weighted by molar-refractivity contribution is 7.22. The number of carbonyl (C=O) groups is 2. The van der Waals surface area contributed by atoms with Crippen LogP contribution in [0.3, 0.4) is 0 Å². The third-order valence-corrected chi connectivity index (χ3v) is 7.00. The molecule has 3 aromatic carbocycles. The molecule has 33 heavy (non-hydrogen) atoms. The molecule has 0 spiro atoms. The van der Waals surface area contributed by atoms with Gasteiger partial charge in [-0.1, -0.05) is 66.3 Å². The van der Waals surface area contributed by atoms with Crippen LogP contribution in [0.25, 0.3) is 16.0 Å². The first-order chi connectivity index (χ1) is 16.0. The number of aliphatic hydroxyl groups excluding tert-OH is 1. The third kappa shape index (κ3) is 3.71. The van der Waals surface area contributed by atoms with Gasteiger partial charge in [0.2, 0.25) is 0 Å². The average Bonchev–Trinajstić information content (AvgIpc) is 3.37. The fraction of sp³-hybridized carbons (Fsp3) is 0.115. The minimum absolute atomic E-state index is 0.0297. The predicted octanol–water partition coefficient (Wildman–Crippen LogP) is 6.14. The van der Waals surface area contributed by atoms with Crippen molar-refractivity contribution in [2.24, 2.45) is 0 Å². The Bertz CT molecular complexity index is 1410. The van der Waals surface area contributed by atoms with Crippen molar-refractivity contribution in [3.63, 3.8) is 0 Å². The van der Waals surface area contributed by atoms with Crippen LogP contribution >= 0.6 is 22.9 Å². The topological polar surface area (TPSA) is 70.5 Å². The maximum Gasteiger partial charge on any atom is 0.301 e. The molecule has 1 aliphatic heterocycles. The minimum atomic E-state index is -0.798. The van der Waals surface area contributed by atoms with E-state index in [4.69, 9.17) is 11.6 Å². The number of carbonyl (C=O) groups excluding carboxylic acids is 2. The zero-order chi connectivity index (χ0) is 23.1. The number of thiazole rings is 1. The lowest BCUT2D eigenvalue weighted by atomic mass is 9.95. The number of nitrogens with zero attached hydrogens (tertiary/aromatic N) is 2. The van der Waals surface area contributed by atoms with Crippen molar-refractivity contribution >= 4 is 55.7 Å². The van der Waals surface area contributed by atoms with Gasteiger partial charge < -0.3 is 5.11 Å². The summed E-state index contributed by atoms with van der Waals surface area (Å²) in [5.74, 6) is -1.70. The number of hydrogen-bond acceptors (Lipinski definition) is 5. The van der Waals surface area contributed by atoms with E-state index < -0.39 is 17.7 Å². The fourth-order valence-corrected chi connectivity index (χ4v) is 5.21. The van der Waals surface area contributed by atoms with Crippen LogP contribution in [0.5, 0.6) is 0 Å². The zero-order valence-corrected chi connectivity index (χ0v) is 19.2. The van der Waals surface area contributed by atoms with Crippen molar-refractivity contribution in [1.82, 2.24) is 4.98 Å². The summed E-state index contributed by atoms with van der Waals surface area (Å²) >= 11 is 7.34. The largest absolute Gasteiger partial charge is 0.507 e. The van der Waals surface area contributed by atoms with Gasteiger partial charge in [-0.05, 0) is 53.9 Å². The van der Waals surface area contributed by atoms with Crippen molar-refractivity contribution in [2.45, 2.75) is 19.4 Å². The van der Waals surface area contributed by atoms with Crippen LogP contribution < -0.4 is 4.90 Å². The number of aliphatic hydroxyl groups is 1. The number of ketones is 1. The Balaban J connectivity index is 1.71. The number of halogens is 1. The van der Waals surface area contributed by atoms with E-state index in [-0.39, 0.29) is 11.3 Å². The van der Waals surface area contributed by atoms with E-state index in [2.05, 4.69) is 18.0 Å². The van der Waals surface area contributed by atoms with E-state index in [9.17, 15) is 14.7 Å². The summed E-state index contributed by atoms with van der Waals surface area (Å²) in [4.78, 5) is 32.5. The Hall–Kier alpha value is -3.48. The minimum Gasteiger partial charge on any atom is -0.507 e. The average molecular weight is 475 g/mol. The number of anilines is 1. The maximum absolute atomic E-state index is 13.3. The van der Waals surface area contributed by atoms with E-state index in [1.54, 1.807) is 24.3 Å². The van der Waals surface area contributed by atoms with Gasteiger partial charge in [0, 0.05) is 10.6 Å². The summed E-state index contributed by atoms with van der Waals surface area (Å²) < 4.78 is 0.941. The van der Waals surface area contributed by atoms with Crippen LogP contribution in [-0.2, 0) is 16.0 Å². The lowest BCUT2D eigenvalue weighted by molar-refractivity contribution is -0.132. The molecule has 0 radical (unpaired) electrons. The highest BCUT2D eigenvalue weighted by Gasteiger charge is 2.48. The highest BCUT2D eigenvalue weighted by Crippen LogP contribution is 2.44. The lowest BCUT2D eigenvalue weighted by Gasteiger charge is -2.22. The van der Waals surface area contributed by atoms with Gasteiger partial charge >= 0.3 is 5.91 Å². The number of rotatable bonds is 4. The van der Waals surface area contributed by atoms with Crippen LogP contribution in [0.15, 0.2) is 78.4 Å². The van der Waals surface area contributed by atoms with Gasteiger partial charge in [-0.3, -0.25) is 14.5 Å². The summed E-state index contributed by atoms with van der Waals surface area (Å²) in [5, 5.41) is 12.1. The molecule has 2 heterocycles. The second kappa shape index (κ2) is 8.46. The molecule has 1 aliphatic rings. The Morgan fingerprint density at radius 2 is 1.79 bits per heavy atom. The SMILES string of the molecule is CCc1ccc2nc(N3C(=O)C(=O)/C(=C(/O)c4ccc(Cl)cc4)[C@@H]3c3ccccc3)sc2c1. The summed E-state index contributed by atoms with van der Waals surface area (Å²) in [6, 6.07) is 20.9. The van der Waals surface area contributed by atoms with E-state index in [0.29, 0.717) is 21.3 Å². The highest BCUT2D eigenvalue weighted by atomic mass is 35.5. The van der Waals surface area contributed by atoms with Crippen molar-refractivity contribution < 1.29 is 14.7 Å². The van der Waals surface area contributed by atoms with Gasteiger partial charge in [-0.15, -0.1) is 0 Å². The van der Waals surface area contributed by atoms with E-state index in [0.717, 1.165) is 16.6 Å². The van der Waals surface area contributed by atoms with Crippen LogP contribution in [0.4, 0.5) is 5.13 Å². The molecule has 0 bridgehead atoms. The molecule has 1 saturated heterocycles. The molecule has 0 saturated carbocycles. The van der Waals surface area contributed by atoms with Gasteiger partial charge in [0.05, 0.1) is 21.8 Å². The number of fused-ring (bicyclic) bond motifs is 1. The van der Waals surface area contributed by atoms with E-state index >= 15 is 0 Å². The molecule has 5 nitrogen and oxygen atoms in total. The second-order valence-electron chi connectivity index (χ2n) is 7.74.